The quantitative estimate of drug-likeness (QED) is 0.395. The van der Waals surface area contributed by atoms with Crippen molar-refractivity contribution >= 4 is 29.3 Å². The van der Waals surface area contributed by atoms with Gasteiger partial charge in [-0.3, -0.25) is 4.79 Å². The number of nitrogens with one attached hydrogen (secondary N) is 2. The number of carbonyl (C=O) groups excluding carboxylic acids is 1. The van der Waals surface area contributed by atoms with E-state index in [1.165, 1.54) is 0 Å². The second-order valence-electron chi connectivity index (χ2n) is 6.14. The Hall–Kier alpha value is -3.46. The zero-order chi connectivity index (χ0) is 21.1. The van der Waals surface area contributed by atoms with Gasteiger partial charge in [0, 0.05) is 30.5 Å². The van der Waals surface area contributed by atoms with Crippen molar-refractivity contribution in [2.45, 2.75) is 13.8 Å². The number of rotatable bonds is 8. The van der Waals surface area contributed by atoms with Crippen LogP contribution in [-0.4, -0.2) is 53.9 Å². The summed E-state index contributed by atoms with van der Waals surface area (Å²) in [6, 6.07) is 12.2. The van der Waals surface area contributed by atoms with Crippen molar-refractivity contribution in [3.63, 3.8) is 0 Å². The summed E-state index contributed by atoms with van der Waals surface area (Å²) < 4.78 is 0. The van der Waals surface area contributed by atoms with E-state index >= 15 is 0 Å². The second kappa shape index (κ2) is 11.4. The third-order valence-corrected chi connectivity index (χ3v) is 4.14. The van der Waals surface area contributed by atoms with Gasteiger partial charge in [0.25, 0.3) is 5.91 Å². The average Bonchev–Trinajstić information content (AvgIpc) is 2.72. The maximum atomic E-state index is 12.2. The van der Waals surface area contributed by atoms with Gasteiger partial charge in [0.05, 0.1) is 0 Å². The fourth-order valence-electron chi connectivity index (χ4n) is 2.54. The van der Waals surface area contributed by atoms with Gasteiger partial charge in [-0.15, -0.1) is 0 Å². The Morgan fingerprint density at radius 1 is 1.10 bits per heavy atom. The number of pyridine rings is 1. The van der Waals surface area contributed by atoms with E-state index in [0.29, 0.717) is 23.6 Å². The number of nitrogens with two attached hydrogens (primary N) is 2. The molecule has 0 aliphatic carbocycles. The highest BCUT2D eigenvalue weighted by Crippen LogP contribution is 2.09. The molecule has 0 aliphatic heterocycles. The molecule has 0 unspecified atom stereocenters. The molecule has 0 spiro atoms. The molecule has 0 saturated carbocycles. The highest BCUT2D eigenvalue weighted by Gasteiger charge is 2.06. The standard InChI is InChI=1S/C20H28N8O/c1-3-28(4-2)14-13-24-18(29)15-8-10-16(11-9-15)25-19(21)27-20(22)26-17-7-5-6-12-23-17/h5-12H,3-4,13-14H2,1-2H3,(H,24,29)(H5,21,22,23,25,26,27). The Bertz CT molecular complexity index is 829. The molecular formula is C20H28N8O. The third kappa shape index (κ3) is 7.59. The maximum Gasteiger partial charge on any atom is 0.251 e. The lowest BCUT2D eigenvalue weighted by Gasteiger charge is -2.18. The van der Waals surface area contributed by atoms with Gasteiger partial charge >= 0.3 is 0 Å². The number of benzene rings is 1. The van der Waals surface area contributed by atoms with Gasteiger partial charge in [0.2, 0.25) is 11.9 Å². The van der Waals surface area contributed by atoms with E-state index in [2.05, 4.69) is 44.3 Å². The van der Waals surface area contributed by atoms with Crippen molar-refractivity contribution < 1.29 is 4.79 Å². The molecule has 2 rings (SSSR count). The molecule has 154 valence electrons. The lowest BCUT2D eigenvalue weighted by atomic mass is 10.2. The van der Waals surface area contributed by atoms with Gasteiger partial charge in [-0.05, 0) is 49.5 Å². The van der Waals surface area contributed by atoms with Crippen molar-refractivity contribution in [1.29, 1.82) is 0 Å². The first-order valence-electron chi connectivity index (χ1n) is 9.48. The van der Waals surface area contributed by atoms with Crippen LogP contribution in [-0.2, 0) is 0 Å². The molecule has 1 aromatic heterocycles. The smallest absolute Gasteiger partial charge is 0.251 e. The summed E-state index contributed by atoms with van der Waals surface area (Å²) in [5.41, 5.74) is 12.9. The first kappa shape index (κ1) is 21.8. The minimum absolute atomic E-state index is 0.0158. The van der Waals surface area contributed by atoms with Crippen LogP contribution < -0.4 is 22.1 Å². The molecule has 0 aliphatic rings. The summed E-state index contributed by atoms with van der Waals surface area (Å²) in [5.74, 6) is 0.395. The highest BCUT2D eigenvalue weighted by atomic mass is 16.1. The topological polar surface area (TPSA) is 134 Å². The normalized spacial score (nSPS) is 12.1. The fourth-order valence-corrected chi connectivity index (χ4v) is 2.54. The number of aliphatic imine (C=N–C) groups is 2. The molecule has 1 aromatic carbocycles. The molecular weight excluding hydrogens is 368 g/mol. The van der Waals surface area contributed by atoms with Crippen molar-refractivity contribution in [3.05, 3.63) is 54.2 Å². The summed E-state index contributed by atoms with van der Waals surface area (Å²) >= 11 is 0. The van der Waals surface area contributed by atoms with E-state index in [1.807, 2.05) is 0 Å². The van der Waals surface area contributed by atoms with Gasteiger partial charge in [0.1, 0.15) is 0 Å². The Kier molecular flexibility index (Phi) is 8.58. The van der Waals surface area contributed by atoms with Gasteiger partial charge in [-0.2, -0.15) is 9.98 Å². The number of aromatic nitrogens is 1. The summed E-state index contributed by atoms with van der Waals surface area (Å²) in [7, 11) is 0. The number of amides is 1. The molecule has 0 fully saturated rings. The van der Waals surface area contributed by atoms with Crippen LogP contribution in [0.15, 0.2) is 58.6 Å². The summed E-state index contributed by atoms with van der Waals surface area (Å²) in [6.45, 7) is 7.57. The lowest BCUT2D eigenvalue weighted by molar-refractivity contribution is 0.0949. The van der Waals surface area contributed by atoms with E-state index in [-0.39, 0.29) is 17.8 Å². The number of carbonyl (C=O) groups is 1. The first-order valence-corrected chi connectivity index (χ1v) is 9.48. The molecule has 0 saturated heterocycles. The molecule has 0 atom stereocenters. The summed E-state index contributed by atoms with van der Waals surface area (Å²) in [5, 5.41) is 5.83. The van der Waals surface area contributed by atoms with Gasteiger partial charge < -0.3 is 27.0 Å². The van der Waals surface area contributed by atoms with Crippen LogP contribution in [0.3, 0.4) is 0 Å². The molecule has 2 aromatic rings. The molecule has 6 N–H and O–H groups in total. The van der Waals surface area contributed by atoms with Crippen LogP contribution in [0.1, 0.15) is 24.2 Å². The minimum Gasteiger partial charge on any atom is -0.369 e. The molecule has 0 bridgehead atoms. The van der Waals surface area contributed by atoms with Crippen LogP contribution in [0.4, 0.5) is 11.5 Å². The second-order valence-corrected chi connectivity index (χ2v) is 6.14. The monoisotopic (exact) mass is 396 g/mol. The van der Waals surface area contributed by atoms with Crippen molar-refractivity contribution in [3.8, 4) is 0 Å². The van der Waals surface area contributed by atoms with E-state index in [1.54, 1.807) is 48.7 Å². The number of hydrogen-bond acceptors (Lipinski definition) is 4. The molecule has 9 nitrogen and oxygen atoms in total. The summed E-state index contributed by atoms with van der Waals surface area (Å²) in [4.78, 5) is 26.5. The van der Waals surface area contributed by atoms with Crippen LogP contribution in [0.25, 0.3) is 0 Å². The Morgan fingerprint density at radius 3 is 2.45 bits per heavy atom. The Labute approximate surface area is 170 Å². The van der Waals surface area contributed by atoms with Crippen LogP contribution in [0, 0.1) is 0 Å². The number of anilines is 1. The number of nitrogens with zero attached hydrogens (tertiary/aromatic N) is 4. The molecule has 29 heavy (non-hydrogen) atoms. The lowest BCUT2D eigenvalue weighted by Crippen LogP contribution is -2.34. The van der Waals surface area contributed by atoms with E-state index in [9.17, 15) is 4.79 Å². The van der Waals surface area contributed by atoms with E-state index in [4.69, 9.17) is 11.5 Å². The predicted molar refractivity (Wildman–Crippen MR) is 117 cm³/mol. The third-order valence-electron chi connectivity index (χ3n) is 4.14. The number of hydrogen-bond donors (Lipinski definition) is 4. The van der Waals surface area contributed by atoms with Gasteiger partial charge in [-0.25, -0.2) is 4.98 Å². The minimum atomic E-state index is -0.114. The van der Waals surface area contributed by atoms with Gasteiger partial charge in [-0.1, -0.05) is 19.9 Å². The van der Waals surface area contributed by atoms with Crippen LogP contribution >= 0.6 is 0 Å². The Balaban J connectivity index is 1.89. The fraction of sp³-hybridized carbons (Fsp3) is 0.300. The van der Waals surface area contributed by atoms with Crippen LogP contribution in [0.2, 0.25) is 0 Å². The summed E-state index contributed by atoms with van der Waals surface area (Å²) in [6.07, 6.45) is 1.61. The van der Waals surface area contributed by atoms with Crippen molar-refractivity contribution in [2.75, 3.05) is 31.5 Å². The van der Waals surface area contributed by atoms with Crippen LogP contribution in [0.5, 0.6) is 0 Å². The molecule has 1 heterocycles. The highest BCUT2D eigenvalue weighted by molar-refractivity contribution is 6.01. The predicted octanol–water partition coefficient (Wildman–Crippen LogP) is 1.53. The van der Waals surface area contributed by atoms with Gasteiger partial charge in [0.15, 0.2) is 5.82 Å². The van der Waals surface area contributed by atoms with Crippen molar-refractivity contribution in [2.24, 2.45) is 21.5 Å². The average molecular weight is 396 g/mol. The number of guanidine groups is 2. The first-order chi connectivity index (χ1) is 14.0. The van der Waals surface area contributed by atoms with E-state index in [0.717, 1.165) is 19.6 Å². The molecule has 0 radical (unpaired) electrons. The molecule has 1 amide bonds. The largest absolute Gasteiger partial charge is 0.369 e. The zero-order valence-electron chi connectivity index (χ0n) is 16.8. The SMILES string of the molecule is CCN(CC)CCNC(=O)c1ccc(NC(N)=NC(N)=Nc2ccccn2)cc1. The zero-order valence-corrected chi connectivity index (χ0v) is 16.8. The maximum absolute atomic E-state index is 12.2. The molecule has 9 heteroatoms. The Morgan fingerprint density at radius 2 is 1.83 bits per heavy atom. The number of likely N-dealkylation sites (N-methyl/N-ethyl adjacent to an activating group) is 1. The van der Waals surface area contributed by atoms with Crippen molar-refractivity contribution in [1.82, 2.24) is 15.2 Å². The van der Waals surface area contributed by atoms with E-state index < -0.39 is 0 Å².